The minimum absolute atomic E-state index is 0.138. The molecule has 3 rings (SSSR count). The minimum atomic E-state index is -0.306. The van der Waals surface area contributed by atoms with Gasteiger partial charge in [0.25, 0.3) is 11.8 Å². The van der Waals surface area contributed by atoms with Gasteiger partial charge in [0.2, 0.25) is 0 Å². The van der Waals surface area contributed by atoms with Gasteiger partial charge >= 0.3 is 0 Å². The summed E-state index contributed by atoms with van der Waals surface area (Å²) in [4.78, 5) is 26.9. The van der Waals surface area contributed by atoms with Crippen molar-refractivity contribution in [2.45, 2.75) is 33.2 Å². The van der Waals surface area contributed by atoms with E-state index in [0.717, 1.165) is 28.0 Å². The van der Waals surface area contributed by atoms with Crippen molar-refractivity contribution in [3.05, 3.63) is 98.9 Å². The van der Waals surface area contributed by atoms with Gasteiger partial charge in [-0.15, -0.1) is 11.3 Å². The van der Waals surface area contributed by atoms with Gasteiger partial charge in [0, 0.05) is 10.4 Å². The van der Waals surface area contributed by atoms with Crippen molar-refractivity contribution in [3.63, 3.8) is 0 Å². The highest BCUT2D eigenvalue weighted by atomic mass is 32.1. The maximum atomic E-state index is 13.2. The first kappa shape index (κ1) is 21.5. The fraction of sp³-hybridized carbons (Fsp3) is 0.200. The summed E-state index contributed by atoms with van der Waals surface area (Å²) < 4.78 is 0. The van der Waals surface area contributed by atoms with Crippen molar-refractivity contribution in [3.8, 4) is 0 Å². The molecule has 0 fully saturated rings. The number of hydrogen-bond donors (Lipinski definition) is 2. The Bertz CT molecular complexity index is 1050. The van der Waals surface area contributed by atoms with Gasteiger partial charge in [0.1, 0.15) is 5.70 Å². The number of carbonyl (C=O) groups excluding carboxylic acids is 2. The standard InChI is InChI=1S/C25H26N2O2S/c1-4-22(21-13-6-5-10-18(21)3)26-25(29)23(16-20-12-8-14-30-20)27-24(28)19-11-7-9-17(2)15-19/h5-16,22H,4H2,1-3H3,(H,26,29)(H,27,28)/b23-16-/t22-/m0/s1. The topological polar surface area (TPSA) is 58.2 Å². The molecule has 0 aliphatic rings. The van der Waals surface area contributed by atoms with Crippen LogP contribution in [0, 0.1) is 13.8 Å². The zero-order valence-electron chi connectivity index (χ0n) is 17.4. The summed E-state index contributed by atoms with van der Waals surface area (Å²) in [6.45, 7) is 6.00. The Kier molecular flexibility index (Phi) is 7.20. The number of carbonyl (C=O) groups is 2. The van der Waals surface area contributed by atoms with Crippen molar-refractivity contribution in [1.29, 1.82) is 0 Å². The van der Waals surface area contributed by atoms with Crippen LogP contribution in [0.3, 0.4) is 0 Å². The van der Waals surface area contributed by atoms with Crippen LogP contribution in [0.4, 0.5) is 0 Å². The summed E-state index contributed by atoms with van der Waals surface area (Å²) in [6, 6.07) is 19.0. The van der Waals surface area contributed by atoms with Crippen LogP contribution < -0.4 is 10.6 Å². The highest BCUT2D eigenvalue weighted by molar-refractivity contribution is 7.10. The van der Waals surface area contributed by atoms with E-state index in [1.807, 2.05) is 74.7 Å². The van der Waals surface area contributed by atoms with Crippen LogP contribution in [0.15, 0.2) is 71.7 Å². The fourth-order valence-electron chi connectivity index (χ4n) is 3.27. The van der Waals surface area contributed by atoms with Crippen LogP contribution in [0.5, 0.6) is 0 Å². The second kappa shape index (κ2) is 10.0. The lowest BCUT2D eigenvalue weighted by Gasteiger charge is -2.20. The van der Waals surface area contributed by atoms with Gasteiger partial charge in [-0.2, -0.15) is 0 Å². The second-order valence-electron chi connectivity index (χ2n) is 7.19. The molecule has 1 aromatic heterocycles. The zero-order chi connectivity index (χ0) is 21.5. The van der Waals surface area contributed by atoms with Crippen LogP contribution in [0.2, 0.25) is 0 Å². The predicted molar refractivity (Wildman–Crippen MR) is 123 cm³/mol. The van der Waals surface area contributed by atoms with Crippen LogP contribution >= 0.6 is 11.3 Å². The minimum Gasteiger partial charge on any atom is -0.344 e. The highest BCUT2D eigenvalue weighted by Crippen LogP contribution is 2.21. The lowest BCUT2D eigenvalue weighted by Crippen LogP contribution is -2.37. The summed E-state index contributed by atoms with van der Waals surface area (Å²) >= 11 is 1.51. The molecule has 0 aliphatic heterocycles. The first-order valence-electron chi connectivity index (χ1n) is 9.97. The molecule has 0 saturated heterocycles. The highest BCUT2D eigenvalue weighted by Gasteiger charge is 2.20. The van der Waals surface area contributed by atoms with E-state index in [9.17, 15) is 9.59 Å². The molecule has 2 N–H and O–H groups in total. The SMILES string of the molecule is CC[C@H](NC(=O)/C(=C/c1cccs1)NC(=O)c1cccc(C)c1)c1ccccc1C. The Morgan fingerprint density at radius 2 is 1.83 bits per heavy atom. The molecule has 4 nitrogen and oxygen atoms in total. The first-order chi connectivity index (χ1) is 14.5. The molecule has 0 saturated carbocycles. The quantitative estimate of drug-likeness (QED) is 0.505. The normalized spacial score (nSPS) is 12.3. The summed E-state index contributed by atoms with van der Waals surface area (Å²) in [5, 5.41) is 7.83. The smallest absolute Gasteiger partial charge is 0.268 e. The van der Waals surface area contributed by atoms with Gasteiger partial charge in [-0.3, -0.25) is 9.59 Å². The number of rotatable bonds is 7. The van der Waals surface area contributed by atoms with Crippen molar-refractivity contribution in [2.75, 3.05) is 0 Å². The monoisotopic (exact) mass is 418 g/mol. The second-order valence-corrected chi connectivity index (χ2v) is 8.17. The molecule has 2 aromatic carbocycles. The third-order valence-corrected chi connectivity index (χ3v) is 5.70. The van der Waals surface area contributed by atoms with E-state index in [1.54, 1.807) is 18.2 Å². The molecule has 0 aliphatic carbocycles. The predicted octanol–water partition coefficient (Wildman–Crippen LogP) is 5.40. The lowest BCUT2D eigenvalue weighted by molar-refractivity contribution is -0.118. The van der Waals surface area contributed by atoms with E-state index < -0.39 is 0 Å². The fourth-order valence-corrected chi connectivity index (χ4v) is 3.93. The Morgan fingerprint density at radius 3 is 2.50 bits per heavy atom. The molecule has 1 heterocycles. The number of nitrogens with one attached hydrogen (secondary N) is 2. The van der Waals surface area contributed by atoms with Gasteiger partial charge in [-0.1, -0.05) is 55.0 Å². The molecule has 1 atom stereocenters. The summed E-state index contributed by atoms with van der Waals surface area (Å²) in [7, 11) is 0. The van der Waals surface area contributed by atoms with Gasteiger partial charge in [0.15, 0.2) is 0 Å². The molecule has 2 amide bonds. The van der Waals surface area contributed by atoms with E-state index in [0.29, 0.717) is 5.56 Å². The Morgan fingerprint density at radius 1 is 1.03 bits per heavy atom. The molecule has 154 valence electrons. The third-order valence-electron chi connectivity index (χ3n) is 4.88. The Hall–Kier alpha value is -3.18. The molecule has 30 heavy (non-hydrogen) atoms. The van der Waals surface area contributed by atoms with E-state index in [-0.39, 0.29) is 23.6 Å². The molecule has 0 unspecified atom stereocenters. The molecule has 5 heteroatoms. The first-order valence-corrected chi connectivity index (χ1v) is 10.9. The number of hydrogen-bond acceptors (Lipinski definition) is 3. The van der Waals surface area contributed by atoms with Crippen molar-refractivity contribution in [1.82, 2.24) is 10.6 Å². The molecular weight excluding hydrogens is 392 g/mol. The van der Waals surface area contributed by atoms with Gasteiger partial charge in [-0.25, -0.2) is 0 Å². The maximum absolute atomic E-state index is 13.2. The lowest BCUT2D eigenvalue weighted by atomic mass is 9.99. The molecule has 0 bridgehead atoms. The Balaban J connectivity index is 1.85. The summed E-state index contributed by atoms with van der Waals surface area (Å²) in [5.41, 5.74) is 3.94. The number of amides is 2. The third kappa shape index (κ3) is 5.45. The van der Waals surface area contributed by atoms with Crippen LogP contribution in [0.1, 0.15) is 51.3 Å². The summed E-state index contributed by atoms with van der Waals surface area (Å²) in [6.07, 6.45) is 2.47. The van der Waals surface area contributed by atoms with E-state index in [1.165, 1.54) is 11.3 Å². The molecule has 0 radical (unpaired) electrons. The zero-order valence-corrected chi connectivity index (χ0v) is 18.3. The van der Waals surface area contributed by atoms with Gasteiger partial charge < -0.3 is 10.6 Å². The van der Waals surface area contributed by atoms with Crippen molar-refractivity contribution < 1.29 is 9.59 Å². The molecule has 3 aromatic rings. The Labute approximate surface area is 181 Å². The number of thiophene rings is 1. The van der Waals surface area contributed by atoms with Gasteiger partial charge in [-0.05, 0) is 61.1 Å². The average Bonchev–Trinajstić information content (AvgIpc) is 3.25. The van der Waals surface area contributed by atoms with E-state index >= 15 is 0 Å². The van der Waals surface area contributed by atoms with Crippen LogP contribution in [0.25, 0.3) is 6.08 Å². The van der Waals surface area contributed by atoms with Crippen molar-refractivity contribution >= 4 is 29.2 Å². The number of aryl methyl sites for hydroxylation is 2. The largest absolute Gasteiger partial charge is 0.344 e. The maximum Gasteiger partial charge on any atom is 0.268 e. The average molecular weight is 419 g/mol. The van der Waals surface area contributed by atoms with Gasteiger partial charge in [0.05, 0.1) is 6.04 Å². The molecule has 0 spiro atoms. The van der Waals surface area contributed by atoms with Crippen molar-refractivity contribution in [2.24, 2.45) is 0 Å². The van der Waals surface area contributed by atoms with E-state index in [4.69, 9.17) is 0 Å². The van der Waals surface area contributed by atoms with E-state index in [2.05, 4.69) is 10.6 Å². The molecular formula is C25H26N2O2S. The van der Waals surface area contributed by atoms with Crippen LogP contribution in [-0.4, -0.2) is 11.8 Å². The summed E-state index contributed by atoms with van der Waals surface area (Å²) in [5.74, 6) is -0.611. The number of benzene rings is 2. The van der Waals surface area contributed by atoms with Crippen LogP contribution in [-0.2, 0) is 4.79 Å².